The first-order chi connectivity index (χ1) is 9.46. The van der Waals surface area contributed by atoms with Crippen LogP contribution in [0.4, 0.5) is 5.69 Å². The number of esters is 1. The van der Waals surface area contributed by atoms with Gasteiger partial charge in [-0.2, -0.15) is 0 Å². The summed E-state index contributed by atoms with van der Waals surface area (Å²) in [5.41, 5.74) is -0.652. The highest BCUT2D eigenvalue weighted by Gasteiger charge is 2.42. The summed E-state index contributed by atoms with van der Waals surface area (Å²) < 4.78 is 11.2. The topological polar surface area (TPSA) is 78.7 Å². The number of methoxy groups -OCH3 is 1. The van der Waals surface area contributed by atoms with E-state index >= 15 is 0 Å². The van der Waals surface area contributed by atoms with Crippen LogP contribution in [0.3, 0.4) is 0 Å². The fourth-order valence-corrected chi connectivity index (χ4v) is 2.47. The number of halogens is 1. The first kappa shape index (κ1) is 14.8. The Balaban J connectivity index is 2.21. The predicted molar refractivity (Wildman–Crippen MR) is 74.6 cm³/mol. The molecule has 0 amide bonds. The van der Waals surface area contributed by atoms with E-state index in [0.717, 1.165) is 19.3 Å². The number of nitro benzene ring substituents is 1. The highest BCUT2D eigenvalue weighted by molar-refractivity contribution is 9.10. The van der Waals surface area contributed by atoms with E-state index in [4.69, 9.17) is 4.74 Å². The van der Waals surface area contributed by atoms with Gasteiger partial charge in [0.2, 0.25) is 0 Å². The molecule has 0 aliphatic heterocycles. The molecule has 0 aromatic heterocycles. The van der Waals surface area contributed by atoms with Gasteiger partial charge in [0.25, 0.3) is 5.69 Å². The molecule has 0 saturated heterocycles. The van der Waals surface area contributed by atoms with Crippen LogP contribution < -0.4 is 4.74 Å². The van der Waals surface area contributed by atoms with E-state index < -0.39 is 10.5 Å². The minimum Gasteiger partial charge on any atom is -0.485 e. The molecule has 0 atom stereocenters. The molecule has 1 aromatic carbocycles. The number of hydrogen-bond acceptors (Lipinski definition) is 5. The highest BCUT2D eigenvalue weighted by Crippen LogP contribution is 2.42. The van der Waals surface area contributed by atoms with Crippen molar-refractivity contribution in [1.82, 2.24) is 0 Å². The van der Waals surface area contributed by atoms with Gasteiger partial charge in [0, 0.05) is 6.07 Å². The smallest absolute Gasteiger partial charge is 0.309 e. The van der Waals surface area contributed by atoms with Crippen LogP contribution in [0.1, 0.15) is 25.7 Å². The minimum absolute atomic E-state index is 0.0456. The van der Waals surface area contributed by atoms with Gasteiger partial charge in [-0.3, -0.25) is 14.9 Å². The second kappa shape index (κ2) is 5.78. The van der Waals surface area contributed by atoms with Crippen molar-refractivity contribution in [2.75, 3.05) is 7.11 Å². The summed E-state index contributed by atoms with van der Waals surface area (Å²) in [6.45, 7) is 0. The van der Waals surface area contributed by atoms with Gasteiger partial charge in [-0.25, -0.2) is 0 Å². The summed E-state index contributed by atoms with van der Waals surface area (Å²) in [6.07, 6.45) is 2.58. The molecular weight excluding hydrogens is 330 g/mol. The molecule has 0 radical (unpaired) electrons. The molecule has 7 heteroatoms. The monoisotopic (exact) mass is 343 g/mol. The minimum atomic E-state index is -0.606. The van der Waals surface area contributed by atoms with E-state index in [9.17, 15) is 14.9 Å². The van der Waals surface area contributed by atoms with Crippen LogP contribution in [0.25, 0.3) is 0 Å². The summed E-state index contributed by atoms with van der Waals surface area (Å²) >= 11 is 3.31. The van der Waals surface area contributed by atoms with Crippen LogP contribution in [-0.4, -0.2) is 23.6 Å². The standard InChI is InChI=1S/C13H14BrNO5/c1-19-12(16)8-13(5-2-6-13)20-11-7-9(15(17)18)3-4-10(11)14/h3-4,7H,2,5-6,8H2,1H3. The molecule has 1 aliphatic rings. The summed E-state index contributed by atoms with van der Waals surface area (Å²) in [4.78, 5) is 21.8. The number of rotatable bonds is 5. The van der Waals surface area contributed by atoms with Crippen molar-refractivity contribution in [2.45, 2.75) is 31.3 Å². The number of carbonyl (C=O) groups is 1. The highest BCUT2D eigenvalue weighted by atomic mass is 79.9. The lowest BCUT2D eigenvalue weighted by atomic mass is 9.77. The Bertz CT molecular complexity index is 542. The molecule has 20 heavy (non-hydrogen) atoms. The Kier molecular flexibility index (Phi) is 4.27. The zero-order valence-electron chi connectivity index (χ0n) is 10.9. The average Bonchev–Trinajstić information content (AvgIpc) is 2.37. The zero-order chi connectivity index (χ0) is 14.8. The van der Waals surface area contributed by atoms with Crippen LogP contribution in [0.15, 0.2) is 22.7 Å². The lowest BCUT2D eigenvalue weighted by Gasteiger charge is -2.41. The Morgan fingerprint density at radius 2 is 2.20 bits per heavy atom. The molecule has 1 aliphatic carbocycles. The molecule has 108 valence electrons. The van der Waals surface area contributed by atoms with Crippen molar-refractivity contribution >= 4 is 27.6 Å². The average molecular weight is 344 g/mol. The molecule has 1 fully saturated rings. The number of benzene rings is 1. The maximum Gasteiger partial charge on any atom is 0.309 e. The van der Waals surface area contributed by atoms with Gasteiger partial charge in [-0.1, -0.05) is 0 Å². The Morgan fingerprint density at radius 3 is 2.70 bits per heavy atom. The second-order valence-electron chi connectivity index (χ2n) is 4.76. The van der Waals surface area contributed by atoms with Gasteiger partial charge in [0.05, 0.1) is 29.0 Å². The van der Waals surface area contributed by atoms with Crippen molar-refractivity contribution in [1.29, 1.82) is 0 Å². The van der Waals surface area contributed by atoms with E-state index in [1.165, 1.54) is 19.2 Å². The SMILES string of the molecule is COC(=O)CC1(Oc2cc([N+](=O)[O-])ccc2Br)CCC1. The number of carbonyl (C=O) groups excluding carboxylic acids is 1. The van der Waals surface area contributed by atoms with Crippen LogP contribution in [0.5, 0.6) is 5.75 Å². The van der Waals surface area contributed by atoms with Crippen molar-refractivity contribution < 1.29 is 19.2 Å². The van der Waals surface area contributed by atoms with Crippen LogP contribution in [-0.2, 0) is 9.53 Å². The Morgan fingerprint density at radius 1 is 1.50 bits per heavy atom. The Hall–Kier alpha value is -1.63. The number of nitro groups is 1. The Labute approximate surface area is 124 Å². The van der Waals surface area contributed by atoms with Gasteiger partial charge in [-0.15, -0.1) is 0 Å². The van der Waals surface area contributed by atoms with Crippen LogP contribution >= 0.6 is 15.9 Å². The fraction of sp³-hybridized carbons (Fsp3) is 0.462. The van der Waals surface area contributed by atoms with E-state index in [-0.39, 0.29) is 18.1 Å². The number of hydrogen-bond donors (Lipinski definition) is 0. The second-order valence-corrected chi connectivity index (χ2v) is 5.62. The molecule has 0 spiro atoms. The normalized spacial score (nSPS) is 16.1. The number of non-ortho nitro benzene ring substituents is 1. The van der Waals surface area contributed by atoms with Crippen molar-refractivity contribution in [3.8, 4) is 5.75 Å². The molecule has 2 rings (SSSR count). The first-order valence-corrected chi connectivity index (χ1v) is 6.95. The van der Waals surface area contributed by atoms with E-state index in [2.05, 4.69) is 20.7 Å². The van der Waals surface area contributed by atoms with E-state index in [1.54, 1.807) is 6.07 Å². The number of ether oxygens (including phenoxy) is 2. The number of nitrogens with zero attached hydrogens (tertiary/aromatic N) is 1. The molecule has 0 unspecified atom stereocenters. The lowest BCUT2D eigenvalue weighted by Crippen LogP contribution is -2.45. The summed E-state index contributed by atoms with van der Waals surface area (Å²) in [7, 11) is 1.33. The van der Waals surface area contributed by atoms with E-state index in [1.807, 2.05) is 0 Å². The molecule has 0 heterocycles. The molecule has 1 aromatic rings. The first-order valence-electron chi connectivity index (χ1n) is 6.15. The fourth-order valence-electron chi connectivity index (χ4n) is 2.14. The van der Waals surface area contributed by atoms with Gasteiger partial charge < -0.3 is 9.47 Å². The molecule has 1 saturated carbocycles. The molecule has 6 nitrogen and oxygen atoms in total. The largest absolute Gasteiger partial charge is 0.485 e. The van der Waals surface area contributed by atoms with Crippen molar-refractivity contribution in [3.05, 3.63) is 32.8 Å². The summed E-state index contributed by atoms with van der Waals surface area (Å²) in [5, 5.41) is 10.8. The van der Waals surface area contributed by atoms with Crippen LogP contribution in [0.2, 0.25) is 0 Å². The maximum absolute atomic E-state index is 11.4. The lowest BCUT2D eigenvalue weighted by molar-refractivity contribution is -0.385. The van der Waals surface area contributed by atoms with E-state index in [0.29, 0.717) is 10.2 Å². The van der Waals surface area contributed by atoms with Crippen molar-refractivity contribution in [3.63, 3.8) is 0 Å². The van der Waals surface area contributed by atoms with Gasteiger partial charge >= 0.3 is 5.97 Å². The summed E-state index contributed by atoms with van der Waals surface area (Å²) in [5.74, 6) is 0.0362. The van der Waals surface area contributed by atoms with Crippen LogP contribution in [0, 0.1) is 10.1 Å². The van der Waals surface area contributed by atoms with Crippen molar-refractivity contribution in [2.24, 2.45) is 0 Å². The third-order valence-corrected chi connectivity index (χ3v) is 4.07. The quantitative estimate of drug-likeness (QED) is 0.466. The molecular formula is C13H14BrNO5. The third kappa shape index (κ3) is 3.09. The van der Waals surface area contributed by atoms with Gasteiger partial charge in [-0.05, 0) is 41.3 Å². The third-order valence-electron chi connectivity index (χ3n) is 3.41. The zero-order valence-corrected chi connectivity index (χ0v) is 12.5. The molecule has 0 N–H and O–H groups in total. The van der Waals surface area contributed by atoms with Gasteiger partial charge in [0.15, 0.2) is 0 Å². The summed E-state index contributed by atoms with van der Waals surface area (Å²) in [6, 6.07) is 4.32. The maximum atomic E-state index is 11.4. The predicted octanol–water partition coefficient (Wildman–Crippen LogP) is 3.22. The van der Waals surface area contributed by atoms with Gasteiger partial charge in [0.1, 0.15) is 11.4 Å². The molecule has 0 bridgehead atoms.